The smallest absolute Gasteiger partial charge is 0.230 e. The molecule has 2 aromatic carbocycles. The summed E-state index contributed by atoms with van der Waals surface area (Å²) in [6, 6.07) is 9.85. The molecule has 0 radical (unpaired) electrons. The van der Waals surface area contributed by atoms with Crippen molar-refractivity contribution in [3.63, 3.8) is 0 Å². The molecule has 3 nitrogen and oxygen atoms in total. The molecule has 5 heteroatoms. The van der Waals surface area contributed by atoms with Gasteiger partial charge in [-0.3, -0.25) is 0 Å². The SMILES string of the molecule is Nc1cccc2oc(-c3cccc(Cl)c3F)nc12. The fourth-order valence-corrected chi connectivity index (χ4v) is 1.93. The van der Waals surface area contributed by atoms with Crippen LogP contribution < -0.4 is 5.73 Å². The molecule has 1 aromatic heterocycles. The van der Waals surface area contributed by atoms with Crippen molar-refractivity contribution >= 4 is 28.4 Å². The van der Waals surface area contributed by atoms with E-state index in [4.69, 9.17) is 21.8 Å². The van der Waals surface area contributed by atoms with Crippen LogP contribution in [0.15, 0.2) is 40.8 Å². The molecule has 3 rings (SSSR count). The standard InChI is InChI=1S/C13H8ClFN2O/c14-8-4-1-3-7(11(8)15)13-17-12-9(16)5-2-6-10(12)18-13/h1-6H,16H2. The molecule has 0 saturated heterocycles. The van der Waals surface area contributed by atoms with Gasteiger partial charge in [0.05, 0.1) is 16.3 Å². The molecule has 0 fully saturated rings. The molecule has 1 heterocycles. The number of halogens is 2. The molecule has 0 aliphatic carbocycles. The number of rotatable bonds is 1. The van der Waals surface area contributed by atoms with Gasteiger partial charge < -0.3 is 10.2 Å². The Labute approximate surface area is 107 Å². The van der Waals surface area contributed by atoms with E-state index in [0.717, 1.165) is 0 Å². The van der Waals surface area contributed by atoms with E-state index in [1.54, 1.807) is 30.3 Å². The minimum Gasteiger partial charge on any atom is -0.436 e. The lowest BCUT2D eigenvalue weighted by Gasteiger charge is -1.98. The quantitative estimate of drug-likeness (QED) is 0.677. The van der Waals surface area contributed by atoms with Gasteiger partial charge in [-0.25, -0.2) is 9.37 Å². The molecule has 3 aromatic rings. The Hall–Kier alpha value is -2.07. The number of nitrogen functional groups attached to an aromatic ring is 1. The zero-order valence-electron chi connectivity index (χ0n) is 9.15. The summed E-state index contributed by atoms with van der Waals surface area (Å²) in [7, 11) is 0. The lowest BCUT2D eigenvalue weighted by Crippen LogP contribution is -1.87. The maximum absolute atomic E-state index is 13.9. The number of para-hydroxylation sites is 1. The summed E-state index contributed by atoms with van der Waals surface area (Å²) >= 11 is 5.72. The molecule has 2 N–H and O–H groups in total. The number of oxazole rings is 1. The number of nitrogens with two attached hydrogens (primary N) is 1. The zero-order chi connectivity index (χ0) is 12.7. The van der Waals surface area contributed by atoms with E-state index in [0.29, 0.717) is 16.8 Å². The molecule has 0 aliphatic rings. The molecule has 18 heavy (non-hydrogen) atoms. The first kappa shape index (κ1) is 11.0. The minimum atomic E-state index is -0.552. The predicted molar refractivity (Wildman–Crippen MR) is 68.8 cm³/mol. The average Bonchev–Trinajstić information content (AvgIpc) is 2.78. The third-order valence-corrected chi connectivity index (χ3v) is 2.92. The second-order valence-electron chi connectivity index (χ2n) is 3.81. The van der Waals surface area contributed by atoms with E-state index in [-0.39, 0.29) is 16.5 Å². The number of hydrogen-bond donors (Lipinski definition) is 1. The topological polar surface area (TPSA) is 52.0 Å². The predicted octanol–water partition coefficient (Wildman–Crippen LogP) is 3.87. The lowest BCUT2D eigenvalue weighted by molar-refractivity contribution is 0.594. The Bertz CT molecular complexity index is 739. The highest BCUT2D eigenvalue weighted by Crippen LogP contribution is 2.31. The number of nitrogens with zero attached hydrogens (tertiary/aromatic N) is 1. The van der Waals surface area contributed by atoms with Crippen LogP contribution in [-0.4, -0.2) is 4.98 Å². The second kappa shape index (κ2) is 3.99. The van der Waals surface area contributed by atoms with Gasteiger partial charge in [-0.1, -0.05) is 23.7 Å². The molecular weight excluding hydrogens is 255 g/mol. The lowest BCUT2D eigenvalue weighted by atomic mass is 10.2. The number of benzene rings is 2. The van der Waals surface area contributed by atoms with Crippen molar-refractivity contribution in [3.8, 4) is 11.5 Å². The normalized spacial score (nSPS) is 11.0. The summed E-state index contributed by atoms with van der Waals surface area (Å²) < 4.78 is 19.3. The Kier molecular flexibility index (Phi) is 2.45. The molecule has 0 atom stereocenters. The Balaban J connectivity index is 2.26. The first-order valence-electron chi connectivity index (χ1n) is 5.26. The van der Waals surface area contributed by atoms with E-state index < -0.39 is 5.82 Å². The Morgan fingerprint density at radius 3 is 2.72 bits per heavy atom. The largest absolute Gasteiger partial charge is 0.436 e. The van der Waals surface area contributed by atoms with Gasteiger partial charge in [-0.05, 0) is 24.3 Å². The van der Waals surface area contributed by atoms with Crippen molar-refractivity contribution < 1.29 is 8.81 Å². The van der Waals surface area contributed by atoms with Crippen molar-refractivity contribution in [2.75, 3.05) is 5.73 Å². The van der Waals surface area contributed by atoms with Crippen LogP contribution in [0.1, 0.15) is 0 Å². The minimum absolute atomic E-state index is 0.0303. The molecule has 0 saturated carbocycles. The van der Waals surface area contributed by atoms with Gasteiger partial charge in [0.1, 0.15) is 5.52 Å². The number of hydrogen-bond acceptors (Lipinski definition) is 3. The van der Waals surface area contributed by atoms with Crippen molar-refractivity contribution in [3.05, 3.63) is 47.2 Å². The third kappa shape index (κ3) is 1.62. The highest BCUT2D eigenvalue weighted by molar-refractivity contribution is 6.31. The van der Waals surface area contributed by atoms with Crippen LogP contribution in [0.2, 0.25) is 5.02 Å². The summed E-state index contributed by atoms with van der Waals surface area (Å²) in [5, 5.41) is 0.0303. The molecule has 0 amide bonds. The zero-order valence-corrected chi connectivity index (χ0v) is 9.91. The average molecular weight is 263 g/mol. The highest BCUT2D eigenvalue weighted by Gasteiger charge is 2.15. The fourth-order valence-electron chi connectivity index (χ4n) is 1.75. The third-order valence-electron chi connectivity index (χ3n) is 2.63. The van der Waals surface area contributed by atoms with E-state index in [1.165, 1.54) is 6.07 Å². The summed E-state index contributed by atoms with van der Waals surface area (Å²) in [5.41, 5.74) is 7.52. The van der Waals surface area contributed by atoms with Crippen LogP contribution in [0, 0.1) is 5.82 Å². The first-order valence-corrected chi connectivity index (χ1v) is 5.64. The summed E-state index contributed by atoms with van der Waals surface area (Å²) in [6.45, 7) is 0. The summed E-state index contributed by atoms with van der Waals surface area (Å²) in [5.74, 6) is -0.382. The highest BCUT2D eigenvalue weighted by atomic mass is 35.5. The van der Waals surface area contributed by atoms with E-state index in [1.807, 2.05) is 0 Å². The Morgan fingerprint density at radius 2 is 1.94 bits per heavy atom. The monoisotopic (exact) mass is 262 g/mol. The van der Waals surface area contributed by atoms with Gasteiger partial charge in [-0.2, -0.15) is 0 Å². The first-order chi connectivity index (χ1) is 8.66. The molecule has 0 unspecified atom stereocenters. The summed E-state index contributed by atoms with van der Waals surface area (Å²) in [4.78, 5) is 4.19. The van der Waals surface area contributed by atoms with Gasteiger partial charge in [0.15, 0.2) is 11.4 Å². The number of fused-ring (bicyclic) bond motifs is 1. The van der Waals surface area contributed by atoms with Crippen molar-refractivity contribution in [1.82, 2.24) is 4.98 Å². The van der Waals surface area contributed by atoms with E-state index in [2.05, 4.69) is 4.98 Å². The molecule has 90 valence electrons. The van der Waals surface area contributed by atoms with Gasteiger partial charge in [0.25, 0.3) is 0 Å². The number of aromatic nitrogens is 1. The van der Waals surface area contributed by atoms with Gasteiger partial charge in [0, 0.05) is 0 Å². The maximum atomic E-state index is 13.9. The van der Waals surface area contributed by atoms with Crippen LogP contribution >= 0.6 is 11.6 Å². The van der Waals surface area contributed by atoms with Gasteiger partial charge in [-0.15, -0.1) is 0 Å². The maximum Gasteiger partial charge on any atom is 0.230 e. The summed E-state index contributed by atoms with van der Waals surface area (Å²) in [6.07, 6.45) is 0. The number of anilines is 1. The van der Waals surface area contributed by atoms with Crippen molar-refractivity contribution in [1.29, 1.82) is 0 Å². The Morgan fingerprint density at radius 1 is 1.17 bits per heavy atom. The van der Waals surface area contributed by atoms with Crippen molar-refractivity contribution in [2.24, 2.45) is 0 Å². The van der Waals surface area contributed by atoms with Crippen LogP contribution in [0.4, 0.5) is 10.1 Å². The van der Waals surface area contributed by atoms with Crippen molar-refractivity contribution in [2.45, 2.75) is 0 Å². The molecule has 0 spiro atoms. The van der Waals surface area contributed by atoms with Gasteiger partial charge >= 0.3 is 0 Å². The van der Waals surface area contributed by atoms with E-state index >= 15 is 0 Å². The fraction of sp³-hybridized carbons (Fsp3) is 0. The van der Waals surface area contributed by atoms with E-state index in [9.17, 15) is 4.39 Å². The second-order valence-corrected chi connectivity index (χ2v) is 4.22. The van der Waals surface area contributed by atoms with Crippen LogP contribution in [0.3, 0.4) is 0 Å². The molecular formula is C13H8ClFN2O. The van der Waals surface area contributed by atoms with Crippen LogP contribution in [0.5, 0.6) is 0 Å². The van der Waals surface area contributed by atoms with Gasteiger partial charge in [0.2, 0.25) is 5.89 Å². The molecule has 0 bridgehead atoms. The van der Waals surface area contributed by atoms with Crippen LogP contribution in [-0.2, 0) is 0 Å². The van der Waals surface area contributed by atoms with Crippen LogP contribution in [0.25, 0.3) is 22.6 Å². The molecule has 0 aliphatic heterocycles.